The molecule has 10 heteroatoms. The largest absolute Gasteiger partial charge is 0.322 e. The fourth-order valence-electron chi connectivity index (χ4n) is 6.50. The lowest BCUT2D eigenvalue weighted by Crippen LogP contribution is -2.40. The van der Waals surface area contributed by atoms with Gasteiger partial charge in [-0.05, 0) is 99.6 Å². The van der Waals surface area contributed by atoms with E-state index in [0.717, 1.165) is 53.2 Å². The van der Waals surface area contributed by atoms with E-state index < -0.39 is 11.9 Å². The van der Waals surface area contributed by atoms with Gasteiger partial charge in [0, 0.05) is 22.0 Å². The first kappa shape index (κ1) is 29.8. The first-order valence-electron chi connectivity index (χ1n) is 15.1. The lowest BCUT2D eigenvalue weighted by atomic mass is 9.95. The van der Waals surface area contributed by atoms with E-state index in [1.54, 1.807) is 42.5 Å². The number of nitrogens with one attached hydrogen (secondary N) is 1. The van der Waals surface area contributed by atoms with Crippen molar-refractivity contribution >= 4 is 40.3 Å². The van der Waals surface area contributed by atoms with E-state index in [0.29, 0.717) is 31.9 Å². The van der Waals surface area contributed by atoms with Gasteiger partial charge in [-0.15, -0.1) is 11.3 Å². The first-order chi connectivity index (χ1) is 22.2. The standard InChI is InChI=1S/C36H30FN5O2S2/c1-20-17-24(22(3)41(20)35-28(19-38)27-11-7-8-12-29(27)45-35)18-30-34(44)42-32(23-13-15-25(37)16-14-23)31(21(2)39-36(42)46-30)33(43)40-26-9-5-4-6-10-26/h4-6,9-10,13-18,32H,7-8,11-12H2,1-3H3,(H,40,43)/b30-18+/t32-/m1/s1. The maximum atomic E-state index is 14.2. The smallest absolute Gasteiger partial charge is 0.271 e. The lowest BCUT2D eigenvalue weighted by Gasteiger charge is -2.25. The summed E-state index contributed by atoms with van der Waals surface area (Å²) in [6, 6.07) is 18.7. The second-order valence-corrected chi connectivity index (χ2v) is 13.7. The molecular formula is C36H30FN5O2S2. The van der Waals surface area contributed by atoms with Crippen molar-refractivity contribution < 1.29 is 9.18 Å². The fourth-order valence-corrected chi connectivity index (χ4v) is 8.99. The second-order valence-electron chi connectivity index (χ2n) is 11.6. The highest BCUT2D eigenvalue weighted by Gasteiger charge is 2.33. The summed E-state index contributed by atoms with van der Waals surface area (Å²) < 4.78 is 18.1. The molecule has 1 aliphatic heterocycles. The van der Waals surface area contributed by atoms with Crippen LogP contribution in [0.25, 0.3) is 11.1 Å². The Hall–Kier alpha value is -4.85. The van der Waals surface area contributed by atoms with Gasteiger partial charge in [-0.3, -0.25) is 14.2 Å². The Morgan fingerprint density at radius 2 is 1.80 bits per heavy atom. The van der Waals surface area contributed by atoms with Crippen LogP contribution in [0.1, 0.15) is 64.3 Å². The SMILES string of the molecule is CC1=C(C(=O)Nc2ccccc2)[C@@H](c2ccc(F)cc2)n2c(s/c(=C/c3cc(C)n(-c4sc5c(c4C#N)CCCC5)c3C)c2=O)=N1. The van der Waals surface area contributed by atoms with Crippen LogP contribution < -0.4 is 20.2 Å². The van der Waals surface area contributed by atoms with Gasteiger partial charge in [-0.2, -0.15) is 5.26 Å². The van der Waals surface area contributed by atoms with Crippen LogP contribution in [0.5, 0.6) is 0 Å². The van der Waals surface area contributed by atoms with E-state index in [1.165, 1.54) is 38.5 Å². The number of benzene rings is 2. The number of allylic oxidation sites excluding steroid dienone is 1. The number of amides is 1. The Morgan fingerprint density at radius 3 is 2.54 bits per heavy atom. The maximum Gasteiger partial charge on any atom is 0.271 e. The molecule has 5 aromatic rings. The molecule has 3 aromatic heterocycles. The van der Waals surface area contributed by atoms with Gasteiger partial charge in [0.15, 0.2) is 4.80 Å². The van der Waals surface area contributed by atoms with Crippen molar-refractivity contribution in [2.45, 2.75) is 52.5 Å². The number of aryl methyl sites for hydroxylation is 2. The Balaban J connectivity index is 1.35. The summed E-state index contributed by atoms with van der Waals surface area (Å²) in [5, 5.41) is 14.0. The van der Waals surface area contributed by atoms with E-state index in [-0.39, 0.29) is 11.5 Å². The van der Waals surface area contributed by atoms with Gasteiger partial charge in [-0.25, -0.2) is 9.38 Å². The van der Waals surface area contributed by atoms with E-state index in [9.17, 15) is 19.2 Å². The monoisotopic (exact) mass is 647 g/mol. The minimum absolute atomic E-state index is 0.287. The molecule has 4 heterocycles. The topological polar surface area (TPSA) is 92.2 Å². The molecule has 230 valence electrons. The molecule has 2 aromatic carbocycles. The van der Waals surface area contributed by atoms with Crippen LogP contribution in [0.15, 0.2) is 81.7 Å². The Bertz CT molecular complexity index is 2280. The third-order valence-electron chi connectivity index (χ3n) is 8.71. The molecule has 7 rings (SSSR count). The highest BCUT2D eigenvalue weighted by atomic mass is 32.1. The van der Waals surface area contributed by atoms with Gasteiger partial charge in [0.1, 0.15) is 16.9 Å². The quantitative estimate of drug-likeness (QED) is 0.245. The highest BCUT2D eigenvalue weighted by Crippen LogP contribution is 2.38. The van der Waals surface area contributed by atoms with Crippen molar-refractivity contribution in [3.8, 4) is 11.1 Å². The highest BCUT2D eigenvalue weighted by molar-refractivity contribution is 7.15. The molecule has 1 amide bonds. The van der Waals surface area contributed by atoms with Crippen LogP contribution in [-0.4, -0.2) is 15.0 Å². The number of thiophene rings is 1. The zero-order chi connectivity index (χ0) is 32.1. The molecule has 0 fully saturated rings. The molecule has 7 nitrogen and oxygen atoms in total. The normalized spacial score (nSPS) is 16.1. The summed E-state index contributed by atoms with van der Waals surface area (Å²) >= 11 is 2.95. The summed E-state index contributed by atoms with van der Waals surface area (Å²) in [6.45, 7) is 5.78. The number of nitriles is 1. The van der Waals surface area contributed by atoms with Crippen LogP contribution in [-0.2, 0) is 17.6 Å². The molecule has 0 bridgehead atoms. The van der Waals surface area contributed by atoms with Crippen molar-refractivity contribution in [3.05, 3.63) is 136 Å². The minimum atomic E-state index is -0.800. The second kappa shape index (κ2) is 11.8. The lowest BCUT2D eigenvalue weighted by molar-refractivity contribution is -0.113. The van der Waals surface area contributed by atoms with Crippen molar-refractivity contribution in [2.75, 3.05) is 5.32 Å². The summed E-state index contributed by atoms with van der Waals surface area (Å²) in [7, 11) is 0. The summed E-state index contributed by atoms with van der Waals surface area (Å²) in [4.78, 5) is 34.4. The molecule has 46 heavy (non-hydrogen) atoms. The van der Waals surface area contributed by atoms with Crippen molar-refractivity contribution in [1.82, 2.24) is 9.13 Å². The Morgan fingerprint density at radius 1 is 1.07 bits per heavy atom. The number of hydrogen-bond donors (Lipinski definition) is 1. The summed E-state index contributed by atoms with van der Waals surface area (Å²) in [6.07, 6.45) is 6.04. The number of hydrogen-bond acceptors (Lipinski definition) is 6. The summed E-state index contributed by atoms with van der Waals surface area (Å²) in [5.74, 6) is -0.791. The minimum Gasteiger partial charge on any atom is -0.322 e. The predicted octanol–water partition coefficient (Wildman–Crippen LogP) is 6.23. The van der Waals surface area contributed by atoms with Crippen LogP contribution in [0.3, 0.4) is 0 Å². The average molecular weight is 648 g/mol. The number of carbonyl (C=O) groups excluding carboxylic acids is 1. The number of halogens is 1. The van der Waals surface area contributed by atoms with Gasteiger partial charge < -0.3 is 9.88 Å². The molecule has 0 saturated heterocycles. The molecule has 0 unspecified atom stereocenters. The molecule has 1 N–H and O–H groups in total. The van der Waals surface area contributed by atoms with Crippen molar-refractivity contribution in [2.24, 2.45) is 4.99 Å². The predicted molar refractivity (Wildman–Crippen MR) is 180 cm³/mol. The van der Waals surface area contributed by atoms with Crippen molar-refractivity contribution in [3.63, 3.8) is 0 Å². The van der Waals surface area contributed by atoms with Crippen molar-refractivity contribution in [1.29, 1.82) is 5.26 Å². The van der Waals surface area contributed by atoms with Crippen LogP contribution in [0.2, 0.25) is 0 Å². The molecule has 0 spiro atoms. The third kappa shape index (κ3) is 5.06. The van der Waals surface area contributed by atoms with Crippen LogP contribution in [0.4, 0.5) is 10.1 Å². The van der Waals surface area contributed by atoms with Gasteiger partial charge >= 0.3 is 0 Å². The number of carbonyl (C=O) groups is 1. The number of para-hydroxylation sites is 1. The zero-order valence-corrected chi connectivity index (χ0v) is 27.2. The van der Waals surface area contributed by atoms with E-state index in [4.69, 9.17) is 4.99 Å². The molecule has 0 saturated carbocycles. The molecule has 0 radical (unpaired) electrons. The van der Waals surface area contributed by atoms with Gasteiger partial charge in [0.05, 0.1) is 27.4 Å². The summed E-state index contributed by atoms with van der Waals surface area (Å²) in [5.41, 5.74) is 6.45. The van der Waals surface area contributed by atoms with E-state index in [1.807, 2.05) is 44.2 Å². The van der Waals surface area contributed by atoms with Crippen LogP contribution >= 0.6 is 22.7 Å². The number of aromatic nitrogens is 2. The average Bonchev–Trinajstić information content (AvgIpc) is 3.66. The van der Waals surface area contributed by atoms with Gasteiger partial charge in [-0.1, -0.05) is 41.7 Å². The Labute approximate surface area is 272 Å². The maximum absolute atomic E-state index is 14.2. The molecule has 1 aliphatic carbocycles. The number of anilines is 1. The Kier molecular flexibility index (Phi) is 7.67. The third-order valence-corrected chi connectivity index (χ3v) is 11.0. The zero-order valence-electron chi connectivity index (χ0n) is 25.6. The molecule has 1 atom stereocenters. The fraction of sp³-hybridized carbons (Fsp3) is 0.222. The van der Waals surface area contributed by atoms with E-state index >= 15 is 0 Å². The number of thiazole rings is 1. The number of nitrogens with zero attached hydrogens (tertiary/aromatic N) is 4. The van der Waals surface area contributed by atoms with Gasteiger partial charge in [0.2, 0.25) is 0 Å². The first-order valence-corrected chi connectivity index (χ1v) is 16.8. The molecular weight excluding hydrogens is 618 g/mol. The van der Waals surface area contributed by atoms with Gasteiger partial charge in [0.25, 0.3) is 11.5 Å². The van der Waals surface area contributed by atoms with Crippen LogP contribution in [0, 0.1) is 31.0 Å². The number of rotatable bonds is 5. The van der Waals surface area contributed by atoms with E-state index in [2.05, 4.69) is 16.0 Å². The number of fused-ring (bicyclic) bond motifs is 2. The molecule has 2 aliphatic rings.